The molecular weight excluding hydrogens is 260 g/mol. The Balaban J connectivity index is 1.87. The Morgan fingerprint density at radius 2 is 1.86 bits per heavy atom. The van der Waals surface area contributed by atoms with Crippen molar-refractivity contribution in [1.82, 2.24) is 9.38 Å². The second-order valence-corrected chi connectivity index (χ2v) is 5.87. The third-order valence-electron chi connectivity index (χ3n) is 3.66. The first-order valence-corrected chi connectivity index (χ1v) is 7.18. The van der Waals surface area contributed by atoms with Crippen molar-refractivity contribution in [3.05, 3.63) is 71.8 Å². The molecule has 0 radical (unpaired) electrons. The van der Waals surface area contributed by atoms with Crippen LogP contribution in [0.1, 0.15) is 30.8 Å². The van der Waals surface area contributed by atoms with Crippen molar-refractivity contribution in [2.45, 2.75) is 33.0 Å². The van der Waals surface area contributed by atoms with Gasteiger partial charge in [0.05, 0.1) is 18.3 Å². The summed E-state index contributed by atoms with van der Waals surface area (Å²) in [6, 6.07) is 14.4. The van der Waals surface area contributed by atoms with Crippen molar-refractivity contribution in [1.29, 1.82) is 0 Å². The minimum absolute atomic E-state index is 0.448. The minimum Gasteiger partial charge on any atom is -0.363 e. The molecule has 0 saturated heterocycles. The number of ether oxygens (including phenoxy) is 1. The van der Waals surface area contributed by atoms with Crippen LogP contribution in [0.4, 0.5) is 0 Å². The molecule has 0 N–H and O–H groups in total. The van der Waals surface area contributed by atoms with Crippen LogP contribution in [0.5, 0.6) is 0 Å². The summed E-state index contributed by atoms with van der Waals surface area (Å²) in [6.07, 6.45) is 3.99. The fourth-order valence-electron chi connectivity index (χ4n) is 2.44. The van der Waals surface area contributed by atoms with Gasteiger partial charge in [-0.25, -0.2) is 4.98 Å². The van der Waals surface area contributed by atoms with Crippen LogP contribution in [-0.4, -0.2) is 9.38 Å². The zero-order chi connectivity index (χ0) is 14.9. The van der Waals surface area contributed by atoms with Gasteiger partial charge in [-0.15, -0.1) is 0 Å². The molecule has 108 valence electrons. The van der Waals surface area contributed by atoms with E-state index in [1.165, 1.54) is 11.1 Å². The third kappa shape index (κ3) is 2.83. The van der Waals surface area contributed by atoms with Crippen molar-refractivity contribution in [3.8, 4) is 0 Å². The molecular formula is C18H20N2O. The number of hydrogen-bond acceptors (Lipinski definition) is 2. The highest BCUT2D eigenvalue weighted by Gasteiger charge is 2.26. The molecule has 3 aromatic rings. The Kier molecular flexibility index (Phi) is 3.52. The van der Waals surface area contributed by atoms with Gasteiger partial charge in [0, 0.05) is 6.20 Å². The largest absolute Gasteiger partial charge is 0.363 e. The van der Waals surface area contributed by atoms with Crippen molar-refractivity contribution >= 4 is 5.52 Å². The summed E-state index contributed by atoms with van der Waals surface area (Å²) < 4.78 is 8.24. The molecule has 0 atom stereocenters. The number of hydrogen-bond donors (Lipinski definition) is 0. The first-order valence-electron chi connectivity index (χ1n) is 7.18. The van der Waals surface area contributed by atoms with Gasteiger partial charge >= 0.3 is 0 Å². The van der Waals surface area contributed by atoms with Crippen LogP contribution in [0, 0.1) is 6.92 Å². The summed E-state index contributed by atoms with van der Waals surface area (Å²) >= 11 is 0. The fraction of sp³-hybridized carbons (Fsp3) is 0.278. The molecule has 2 heterocycles. The topological polar surface area (TPSA) is 26.5 Å². The number of benzene rings is 1. The Morgan fingerprint density at radius 1 is 1.10 bits per heavy atom. The van der Waals surface area contributed by atoms with Gasteiger partial charge in [-0.05, 0) is 38.0 Å². The molecule has 0 spiro atoms. The molecule has 3 nitrogen and oxygen atoms in total. The maximum absolute atomic E-state index is 6.12. The van der Waals surface area contributed by atoms with Gasteiger partial charge in [0.2, 0.25) is 0 Å². The van der Waals surface area contributed by atoms with Crippen LogP contribution < -0.4 is 0 Å². The van der Waals surface area contributed by atoms with Crippen molar-refractivity contribution in [3.63, 3.8) is 0 Å². The van der Waals surface area contributed by atoms with E-state index in [2.05, 4.69) is 60.6 Å². The van der Waals surface area contributed by atoms with Gasteiger partial charge < -0.3 is 9.14 Å². The minimum atomic E-state index is -0.448. The lowest BCUT2D eigenvalue weighted by atomic mass is 10.1. The smallest absolute Gasteiger partial charge is 0.145 e. The van der Waals surface area contributed by atoms with E-state index in [-0.39, 0.29) is 0 Å². The second-order valence-electron chi connectivity index (χ2n) is 5.87. The average Bonchev–Trinajstić information content (AvgIpc) is 2.90. The SMILES string of the molecule is Cc1ccc2cnc(C(C)(C)OCc3ccccc3)n2c1. The van der Waals surface area contributed by atoms with Crippen molar-refractivity contribution in [2.24, 2.45) is 0 Å². The highest BCUT2D eigenvalue weighted by Crippen LogP contribution is 2.26. The molecule has 21 heavy (non-hydrogen) atoms. The normalized spacial score (nSPS) is 12.0. The summed E-state index contributed by atoms with van der Waals surface area (Å²) in [5.41, 5.74) is 3.02. The van der Waals surface area contributed by atoms with E-state index in [1.54, 1.807) is 0 Å². The number of aromatic nitrogens is 2. The molecule has 3 rings (SSSR count). The van der Waals surface area contributed by atoms with Crippen LogP contribution in [0.3, 0.4) is 0 Å². The first-order chi connectivity index (χ1) is 10.1. The summed E-state index contributed by atoms with van der Waals surface area (Å²) in [5.74, 6) is 0.928. The van der Waals surface area contributed by atoms with Crippen LogP contribution in [0.15, 0.2) is 54.9 Å². The van der Waals surface area contributed by atoms with Crippen molar-refractivity contribution < 1.29 is 4.74 Å². The Labute approximate surface area is 125 Å². The summed E-state index contributed by atoms with van der Waals surface area (Å²) in [6.45, 7) is 6.79. The van der Waals surface area contributed by atoms with E-state index in [9.17, 15) is 0 Å². The molecule has 0 unspecified atom stereocenters. The summed E-state index contributed by atoms with van der Waals surface area (Å²) in [7, 11) is 0. The average molecular weight is 280 g/mol. The van der Waals surface area contributed by atoms with E-state index in [0.717, 1.165) is 11.3 Å². The lowest BCUT2D eigenvalue weighted by molar-refractivity contribution is -0.0403. The summed E-state index contributed by atoms with van der Waals surface area (Å²) in [5, 5.41) is 0. The molecule has 0 aliphatic heterocycles. The number of aryl methyl sites for hydroxylation is 1. The highest BCUT2D eigenvalue weighted by molar-refractivity contribution is 5.47. The lowest BCUT2D eigenvalue weighted by Crippen LogP contribution is -2.24. The molecule has 0 aliphatic carbocycles. The van der Waals surface area contributed by atoms with Gasteiger partial charge in [-0.3, -0.25) is 0 Å². The van der Waals surface area contributed by atoms with Crippen LogP contribution >= 0.6 is 0 Å². The molecule has 0 bridgehead atoms. The number of pyridine rings is 1. The first kappa shape index (κ1) is 13.8. The van der Waals surface area contributed by atoms with Crippen LogP contribution in [0.25, 0.3) is 5.52 Å². The van der Waals surface area contributed by atoms with E-state index < -0.39 is 5.60 Å². The van der Waals surface area contributed by atoms with Gasteiger partial charge in [0.15, 0.2) is 0 Å². The number of fused-ring (bicyclic) bond motifs is 1. The molecule has 2 aromatic heterocycles. The monoisotopic (exact) mass is 280 g/mol. The van der Waals surface area contributed by atoms with Gasteiger partial charge in [0.1, 0.15) is 11.4 Å². The van der Waals surface area contributed by atoms with E-state index >= 15 is 0 Å². The predicted octanol–water partition coefficient (Wildman–Crippen LogP) is 4.09. The maximum Gasteiger partial charge on any atom is 0.145 e. The van der Waals surface area contributed by atoms with Gasteiger partial charge in [-0.2, -0.15) is 0 Å². The number of imidazole rings is 1. The quantitative estimate of drug-likeness (QED) is 0.719. The van der Waals surface area contributed by atoms with Gasteiger partial charge in [0.25, 0.3) is 0 Å². The second kappa shape index (κ2) is 5.34. The van der Waals surface area contributed by atoms with E-state index in [1.807, 2.05) is 24.4 Å². The zero-order valence-corrected chi connectivity index (χ0v) is 12.7. The van der Waals surface area contributed by atoms with E-state index in [4.69, 9.17) is 4.74 Å². The number of rotatable bonds is 4. The molecule has 0 amide bonds. The fourth-order valence-corrected chi connectivity index (χ4v) is 2.44. The van der Waals surface area contributed by atoms with Crippen LogP contribution in [-0.2, 0) is 16.9 Å². The summed E-state index contributed by atoms with van der Waals surface area (Å²) in [4.78, 5) is 4.56. The molecule has 1 aromatic carbocycles. The van der Waals surface area contributed by atoms with Crippen molar-refractivity contribution in [2.75, 3.05) is 0 Å². The lowest BCUT2D eigenvalue weighted by Gasteiger charge is -2.24. The Hall–Kier alpha value is -2.13. The predicted molar refractivity (Wildman–Crippen MR) is 84.2 cm³/mol. The molecule has 0 fully saturated rings. The molecule has 3 heteroatoms. The highest BCUT2D eigenvalue weighted by atomic mass is 16.5. The molecule has 0 aliphatic rings. The Bertz CT molecular complexity index is 744. The zero-order valence-electron chi connectivity index (χ0n) is 12.7. The Morgan fingerprint density at radius 3 is 2.62 bits per heavy atom. The maximum atomic E-state index is 6.12. The van der Waals surface area contributed by atoms with Gasteiger partial charge in [-0.1, -0.05) is 36.4 Å². The van der Waals surface area contributed by atoms with E-state index in [0.29, 0.717) is 6.61 Å². The number of nitrogens with zero attached hydrogens (tertiary/aromatic N) is 2. The standard InChI is InChI=1S/C18H20N2O/c1-14-9-10-16-11-19-17(20(16)12-14)18(2,3)21-13-15-7-5-4-6-8-15/h4-12H,13H2,1-3H3. The molecule has 0 saturated carbocycles. The third-order valence-corrected chi connectivity index (χ3v) is 3.66. The van der Waals surface area contributed by atoms with Crippen LogP contribution in [0.2, 0.25) is 0 Å².